The quantitative estimate of drug-likeness (QED) is 0.833. The number of carboxylic acid groups (broad SMARTS) is 1. The number of ether oxygens (including phenoxy) is 1. The second-order valence-electron chi connectivity index (χ2n) is 6.55. The van der Waals surface area contributed by atoms with E-state index in [2.05, 4.69) is 9.88 Å². The molecule has 0 spiro atoms. The molecule has 1 aromatic rings. The summed E-state index contributed by atoms with van der Waals surface area (Å²) in [6, 6.07) is 0. The Morgan fingerprint density at radius 3 is 2.87 bits per heavy atom. The van der Waals surface area contributed by atoms with Crippen LogP contribution in [0.2, 0.25) is 0 Å². The first-order valence-electron chi connectivity index (χ1n) is 8.02. The maximum atomic E-state index is 12.1. The lowest BCUT2D eigenvalue weighted by molar-refractivity contribution is -0.154. The minimum absolute atomic E-state index is 0.0552. The third kappa shape index (κ3) is 3.82. The highest BCUT2D eigenvalue weighted by Crippen LogP contribution is 2.34. The van der Waals surface area contributed by atoms with Crippen molar-refractivity contribution in [2.75, 3.05) is 26.8 Å². The van der Waals surface area contributed by atoms with Crippen LogP contribution in [-0.2, 0) is 16.1 Å². The van der Waals surface area contributed by atoms with E-state index in [0.29, 0.717) is 43.7 Å². The molecule has 6 heteroatoms. The number of nitrogens with one attached hydrogen (secondary N) is 1. The third-order valence-electron chi connectivity index (χ3n) is 4.89. The summed E-state index contributed by atoms with van der Waals surface area (Å²) in [5.41, 5.74) is 1.58. The van der Waals surface area contributed by atoms with Gasteiger partial charge in [0.1, 0.15) is 0 Å². The number of hydrogen-bond acceptors (Lipinski definition) is 4. The fourth-order valence-corrected chi connectivity index (χ4v) is 3.33. The van der Waals surface area contributed by atoms with E-state index in [9.17, 15) is 14.7 Å². The maximum absolute atomic E-state index is 12.1. The van der Waals surface area contributed by atoms with E-state index in [1.165, 1.54) is 0 Å². The van der Waals surface area contributed by atoms with Gasteiger partial charge in [-0.15, -0.1) is 0 Å². The van der Waals surface area contributed by atoms with Crippen molar-refractivity contribution in [3.05, 3.63) is 33.2 Å². The Labute approximate surface area is 136 Å². The summed E-state index contributed by atoms with van der Waals surface area (Å²) in [6.45, 7) is 5.96. The smallest absolute Gasteiger partial charge is 0.311 e. The molecule has 1 atom stereocenters. The van der Waals surface area contributed by atoms with Crippen molar-refractivity contribution in [3.63, 3.8) is 0 Å². The number of pyridine rings is 1. The monoisotopic (exact) mass is 322 g/mol. The zero-order valence-electron chi connectivity index (χ0n) is 14.1. The molecule has 1 unspecified atom stereocenters. The van der Waals surface area contributed by atoms with E-state index >= 15 is 0 Å². The highest BCUT2D eigenvalue weighted by molar-refractivity contribution is 5.75. The van der Waals surface area contributed by atoms with Gasteiger partial charge in [-0.25, -0.2) is 0 Å². The Bertz CT molecular complexity index is 626. The lowest BCUT2D eigenvalue weighted by atomic mass is 9.77. The largest absolute Gasteiger partial charge is 0.481 e. The minimum Gasteiger partial charge on any atom is -0.481 e. The summed E-state index contributed by atoms with van der Waals surface area (Å²) in [4.78, 5) is 29.2. The number of piperidine rings is 1. The van der Waals surface area contributed by atoms with Gasteiger partial charge < -0.3 is 14.8 Å². The Hall–Kier alpha value is -1.66. The molecular weight excluding hydrogens is 296 g/mol. The van der Waals surface area contributed by atoms with Gasteiger partial charge in [0.05, 0.1) is 5.41 Å². The number of carbonyl (C=O) groups is 1. The highest BCUT2D eigenvalue weighted by atomic mass is 16.5. The predicted molar refractivity (Wildman–Crippen MR) is 87.6 cm³/mol. The molecule has 1 aromatic heterocycles. The van der Waals surface area contributed by atoms with Crippen LogP contribution in [0.3, 0.4) is 0 Å². The standard InChI is InChI=1S/C17H26N2O4/c1-12-9-18-14(13(2)15(12)20)10-19-7-4-5-17(11-19,16(21)22)6-8-23-3/h9H,4-8,10-11H2,1-3H3,(H,18,20)(H,21,22). The van der Waals surface area contributed by atoms with Gasteiger partial charge in [-0.1, -0.05) is 0 Å². The molecule has 0 bridgehead atoms. The SMILES string of the molecule is COCCC1(C(=O)O)CCCN(Cc2[nH]cc(C)c(=O)c2C)C1. The van der Waals surface area contributed by atoms with Gasteiger partial charge in [0.2, 0.25) is 0 Å². The van der Waals surface area contributed by atoms with Crippen LogP contribution >= 0.6 is 0 Å². The summed E-state index contributed by atoms with van der Waals surface area (Å²) in [5.74, 6) is -0.756. The van der Waals surface area contributed by atoms with E-state index in [0.717, 1.165) is 18.7 Å². The van der Waals surface area contributed by atoms with E-state index in [1.54, 1.807) is 20.2 Å². The summed E-state index contributed by atoms with van der Waals surface area (Å²) < 4.78 is 5.09. The fraction of sp³-hybridized carbons (Fsp3) is 0.647. The second kappa shape index (κ2) is 7.27. The number of methoxy groups -OCH3 is 1. The molecule has 1 aliphatic rings. The lowest BCUT2D eigenvalue weighted by Gasteiger charge is -2.40. The first-order valence-corrected chi connectivity index (χ1v) is 8.02. The van der Waals surface area contributed by atoms with Crippen LogP contribution in [-0.4, -0.2) is 47.8 Å². The summed E-state index contributed by atoms with van der Waals surface area (Å²) in [5, 5.41) is 9.69. The normalized spacial score (nSPS) is 22.2. The zero-order chi connectivity index (χ0) is 17.0. The average Bonchev–Trinajstić information content (AvgIpc) is 2.54. The average molecular weight is 322 g/mol. The second-order valence-corrected chi connectivity index (χ2v) is 6.55. The molecule has 0 aliphatic carbocycles. The molecule has 0 amide bonds. The van der Waals surface area contributed by atoms with Crippen LogP contribution in [0.15, 0.2) is 11.0 Å². The third-order valence-corrected chi connectivity index (χ3v) is 4.89. The molecule has 1 fully saturated rings. The van der Waals surface area contributed by atoms with Crippen molar-refractivity contribution in [2.24, 2.45) is 5.41 Å². The number of aromatic nitrogens is 1. The molecule has 128 valence electrons. The lowest BCUT2D eigenvalue weighted by Crippen LogP contribution is -2.48. The fourth-order valence-electron chi connectivity index (χ4n) is 3.33. The van der Waals surface area contributed by atoms with Crippen LogP contribution in [0.25, 0.3) is 0 Å². The number of aromatic amines is 1. The van der Waals surface area contributed by atoms with Crippen molar-refractivity contribution in [2.45, 2.75) is 39.7 Å². The van der Waals surface area contributed by atoms with Crippen LogP contribution in [0.1, 0.15) is 36.1 Å². The summed E-state index contributed by atoms with van der Waals surface area (Å²) >= 11 is 0. The molecular formula is C17H26N2O4. The minimum atomic E-state index is -0.757. The van der Waals surface area contributed by atoms with E-state index in [1.807, 2.05) is 6.92 Å². The number of aryl methyl sites for hydroxylation is 1. The molecule has 2 rings (SSSR count). The van der Waals surface area contributed by atoms with E-state index in [-0.39, 0.29) is 5.43 Å². The maximum Gasteiger partial charge on any atom is 0.311 e. The van der Waals surface area contributed by atoms with E-state index < -0.39 is 11.4 Å². The number of nitrogens with zero attached hydrogens (tertiary/aromatic N) is 1. The van der Waals surface area contributed by atoms with Gasteiger partial charge in [0.25, 0.3) is 0 Å². The Morgan fingerprint density at radius 2 is 2.22 bits per heavy atom. The first kappa shape index (κ1) is 17.7. The molecule has 0 radical (unpaired) electrons. The summed E-state index contributed by atoms with van der Waals surface area (Å²) in [7, 11) is 1.59. The van der Waals surface area contributed by atoms with Gasteiger partial charge in [-0.2, -0.15) is 0 Å². The molecule has 23 heavy (non-hydrogen) atoms. The van der Waals surface area contributed by atoms with Crippen molar-refractivity contribution < 1.29 is 14.6 Å². The van der Waals surface area contributed by atoms with Crippen LogP contribution in [0.5, 0.6) is 0 Å². The van der Waals surface area contributed by atoms with Gasteiger partial charge in [-0.3, -0.25) is 14.5 Å². The topological polar surface area (TPSA) is 82.6 Å². The molecule has 2 N–H and O–H groups in total. The Balaban J connectivity index is 2.16. The van der Waals surface area contributed by atoms with Crippen molar-refractivity contribution >= 4 is 5.97 Å². The molecule has 1 saturated heterocycles. The van der Waals surface area contributed by atoms with Crippen molar-refractivity contribution in [1.29, 1.82) is 0 Å². The summed E-state index contributed by atoms with van der Waals surface area (Å²) in [6.07, 6.45) is 3.75. The van der Waals surface area contributed by atoms with Crippen molar-refractivity contribution in [3.8, 4) is 0 Å². The van der Waals surface area contributed by atoms with Gasteiger partial charge in [0, 0.05) is 49.8 Å². The van der Waals surface area contributed by atoms with Gasteiger partial charge in [0.15, 0.2) is 5.43 Å². The Morgan fingerprint density at radius 1 is 1.48 bits per heavy atom. The first-order chi connectivity index (χ1) is 10.9. The van der Waals surface area contributed by atoms with Gasteiger partial charge >= 0.3 is 5.97 Å². The molecule has 0 saturated carbocycles. The predicted octanol–water partition coefficient (Wildman–Crippen LogP) is 1.70. The molecule has 6 nitrogen and oxygen atoms in total. The number of rotatable bonds is 6. The number of aliphatic carboxylic acids is 1. The number of hydrogen-bond donors (Lipinski definition) is 2. The number of likely N-dealkylation sites (tertiary alicyclic amines) is 1. The van der Waals surface area contributed by atoms with Crippen LogP contribution in [0, 0.1) is 19.3 Å². The zero-order valence-corrected chi connectivity index (χ0v) is 14.1. The Kier molecular flexibility index (Phi) is 5.59. The molecule has 2 heterocycles. The van der Waals surface area contributed by atoms with Crippen molar-refractivity contribution in [1.82, 2.24) is 9.88 Å². The molecule has 1 aliphatic heterocycles. The van der Waals surface area contributed by atoms with E-state index in [4.69, 9.17) is 4.74 Å². The highest BCUT2D eigenvalue weighted by Gasteiger charge is 2.42. The molecule has 0 aromatic carbocycles. The number of H-pyrrole nitrogens is 1. The van der Waals surface area contributed by atoms with Crippen LogP contribution in [0.4, 0.5) is 0 Å². The number of carboxylic acids is 1. The van der Waals surface area contributed by atoms with Gasteiger partial charge in [-0.05, 0) is 39.7 Å². The van der Waals surface area contributed by atoms with Crippen LogP contribution < -0.4 is 5.43 Å².